The van der Waals surface area contributed by atoms with E-state index in [1.807, 2.05) is 0 Å². The Bertz CT molecular complexity index is 500. The van der Waals surface area contributed by atoms with E-state index < -0.39 is 0 Å². The number of likely N-dealkylation sites (tertiary alicyclic amines) is 1. The highest BCUT2D eigenvalue weighted by Crippen LogP contribution is 2.21. The van der Waals surface area contributed by atoms with Crippen molar-refractivity contribution in [1.29, 1.82) is 0 Å². The van der Waals surface area contributed by atoms with Crippen molar-refractivity contribution in [2.45, 2.75) is 19.8 Å². The van der Waals surface area contributed by atoms with Crippen LogP contribution in [0.25, 0.3) is 0 Å². The van der Waals surface area contributed by atoms with Crippen LogP contribution in [0.4, 0.5) is 0 Å². The number of benzene rings is 1. The largest absolute Gasteiger partial charge is 0.508 e. The van der Waals surface area contributed by atoms with E-state index in [0.29, 0.717) is 25.3 Å². The van der Waals surface area contributed by atoms with Crippen molar-refractivity contribution < 1.29 is 19.4 Å². The molecule has 5 heteroatoms. The van der Waals surface area contributed by atoms with Gasteiger partial charge in [-0.1, -0.05) is 6.07 Å². The van der Waals surface area contributed by atoms with Crippen LogP contribution in [0.1, 0.15) is 30.1 Å². The molecular weight excluding hydrogens is 258 g/mol. The van der Waals surface area contributed by atoms with Crippen LogP contribution in [0, 0.1) is 5.92 Å². The third kappa shape index (κ3) is 3.29. The third-order valence-corrected chi connectivity index (χ3v) is 3.42. The van der Waals surface area contributed by atoms with Gasteiger partial charge in [0, 0.05) is 18.7 Å². The molecule has 0 aromatic heterocycles. The summed E-state index contributed by atoms with van der Waals surface area (Å²) < 4.78 is 5.02. The highest BCUT2D eigenvalue weighted by molar-refractivity contribution is 5.95. The fourth-order valence-corrected chi connectivity index (χ4v) is 2.44. The lowest BCUT2D eigenvalue weighted by atomic mass is 9.97. The van der Waals surface area contributed by atoms with E-state index in [9.17, 15) is 14.7 Å². The van der Waals surface area contributed by atoms with Gasteiger partial charge in [-0.05, 0) is 38.0 Å². The molecule has 0 spiro atoms. The Morgan fingerprint density at radius 3 is 2.95 bits per heavy atom. The van der Waals surface area contributed by atoms with Crippen molar-refractivity contribution in [2.75, 3.05) is 19.7 Å². The number of phenols is 1. The van der Waals surface area contributed by atoms with Gasteiger partial charge in [-0.2, -0.15) is 0 Å². The monoisotopic (exact) mass is 277 g/mol. The summed E-state index contributed by atoms with van der Waals surface area (Å²) in [6.07, 6.45) is 1.54. The first-order valence-electron chi connectivity index (χ1n) is 6.86. The Balaban J connectivity index is 2.05. The highest BCUT2D eigenvalue weighted by atomic mass is 16.5. The lowest BCUT2D eigenvalue weighted by Gasteiger charge is -2.31. The fourth-order valence-electron chi connectivity index (χ4n) is 2.44. The van der Waals surface area contributed by atoms with E-state index in [0.717, 1.165) is 12.8 Å². The maximum Gasteiger partial charge on any atom is 0.310 e. The Kier molecular flexibility index (Phi) is 4.61. The molecule has 1 aliphatic heterocycles. The summed E-state index contributed by atoms with van der Waals surface area (Å²) in [5, 5.41) is 9.43. The molecule has 1 aliphatic rings. The van der Waals surface area contributed by atoms with E-state index >= 15 is 0 Å². The van der Waals surface area contributed by atoms with E-state index in [2.05, 4.69) is 0 Å². The molecular formula is C15H19NO4. The van der Waals surface area contributed by atoms with Crippen molar-refractivity contribution >= 4 is 11.9 Å². The van der Waals surface area contributed by atoms with Gasteiger partial charge in [0.1, 0.15) is 5.75 Å². The summed E-state index contributed by atoms with van der Waals surface area (Å²) in [6, 6.07) is 6.26. The maximum atomic E-state index is 12.3. The lowest BCUT2D eigenvalue weighted by molar-refractivity contribution is -0.149. The van der Waals surface area contributed by atoms with Crippen LogP contribution in [0.15, 0.2) is 24.3 Å². The van der Waals surface area contributed by atoms with E-state index in [1.165, 1.54) is 12.1 Å². The number of phenolic OH excluding ortho intramolecular Hbond substituents is 1. The van der Waals surface area contributed by atoms with Crippen LogP contribution in [0.5, 0.6) is 5.75 Å². The van der Waals surface area contributed by atoms with Crippen LogP contribution in [-0.4, -0.2) is 41.6 Å². The zero-order valence-corrected chi connectivity index (χ0v) is 11.5. The number of piperidine rings is 1. The lowest BCUT2D eigenvalue weighted by Crippen LogP contribution is -2.42. The molecule has 1 aromatic rings. The zero-order valence-electron chi connectivity index (χ0n) is 11.5. The number of hydrogen-bond acceptors (Lipinski definition) is 4. The predicted molar refractivity (Wildman–Crippen MR) is 73.4 cm³/mol. The molecule has 1 amide bonds. The van der Waals surface area contributed by atoms with Gasteiger partial charge < -0.3 is 14.7 Å². The summed E-state index contributed by atoms with van der Waals surface area (Å²) in [7, 11) is 0. The Morgan fingerprint density at radius 2 is 2.25 bits per heavy atom. The van der Waals surface area contributed by atoms with Crippen molar-refractivity contribution in [3.05, 3.63) is 29.8 Å². The van der Waals surface area contributed by atoms with E-state index in [1.54, 1.807) is 24.0 Å². The second kappa shape index (κ2) is 6.41. The number of nitrogens with zero attached hydrogens (tertiary/aromatic N) is 1. The standard InChI is InChI=1S/C15H19NO4/c1-2-20-15(19)12-6-4-8-16(10-12)14(18)11-5-3-7-13(17)9-11/h3,5,7,9,12,17H,2,4,6,8,10H2,1H3. The number of aromatic hydroxyl groups is 1. The molecule has 1 aromatic carbocycles. The number of esters is 1. The number of ether oxygens (including phenoxy) is 1. The molecule has 1 saturated heterocycles. The first kappa shape index (κ1) is 14.4. The van der Waals surface area contributed by atoms with Gasteiger partial charge in [0.25, 0.3) is 5.91 Å². The SMILES string of the molecule is CCOC(=O)C1CCCN(C(=O)c2cccc(O)c2)C1. The number of carbonyl (C=O) groups is 2. The maximum absolute atomic E-state index is 12.3. The first-order chi connectivity index (χ1) is 9.61. The molecule has 20 heavy (non-hydrogen) atoms. The number of carbonyl (C=O) groups excluding carboxylic acids is 2. The minimum absolute atomic E-state index is 0.0646. The van der Waals surface area contributed by atoms with Crippen molar-refractivity contribution in [2.24, 2.45) is 5.92 Å². The van der Waals surface area contributed by atoms with Gasteiger partial charge in [-0.15, -0.1) is 0 Å². The molecule has 1 atom stereocenters. The topological polar surface area (TPSA) is 66.8 Å². The second-order valence-corrected chi connectivity index (χ2v) is 4.89. The van der Waals surface area contributed by atoms with Crippen molar-refractivity contribution in [3.63, 3.8) is 0 Å². The minimum atomic E-state index is -0.245. The van der Waals surface area contributed by atoms with Gasteiger partial charge >= 0.3 is 5.97 Å². The smallest absolute Gasteiger partial charge is 0.310 e. The number of hydrogen-bond donors (Lipinski definition) is 1. The molecule has 1 N–H and O–H groups in total. The summed E-state index contributed by atoms with van der Waals surface area (Å²) in [6.45, 7) is 3.14. The second-order valence-electron chi connectivity index (χ2n) is 4.89. The van der Waals surface area contributed by atoms with Gasteiger partial charge in [0.05, 0.1) is 12.5 Å². The third-order valence-electron chi connectivity index (χ3n) is 3.42. The zero-order chi connectivity index (χ0) is 14.5. The van der Waals surface area contributed by atoms with Gasteiger partial charge in [-0.25, -0.2) is 0 Å². The molecule has 0 aliphatic carbocycles. The van der Waals surface area contributed by atoms with Crippen molar-refractivity contribution in [1.82, 2.24) is 4.90 Å². The van der Waals surface area contributed by atoms with Crippen LogP contribution in [0.3, 0.4) is 0 Å². The molecule has 0 saturated carbocycles. The van der Waals surface area contributed by atoms with E-state index in [4.69, 9.17) is 4.74 Å². The normalized spacial score (nSPS) is 18.6. The summed E-state index contributed by atoms with van der Waals surface area (Å²) >= 11 is 0. The average Bonchev–Trinajstić information content (AvgIpc) is 2.47. The molecule has 108 valence electrons. The number of amides is 1. The molecule has 1 unspecified atom stereocenters. The molecule has 1 heterocycles. The minimum Gasteiger partial charge on any atom is -0.508 e. The van der Waals surface area contributed by atoms with Crippen molar-refractivity contribution in [3.8, 4) is 5.75 Å². The molecule has 0 radical (unpaired) electrons. The average molecular weight is 277 g/mol. The van der Waals surface area contributed by atoms with Crippen LogP contribution in [0.2, 0.25) is 0 Å². The Labute approximate surface area is 118 Å². The van der Waals surface area contributed by atoms with Gasteiger partial charge in [0.15, 0.2) is 0 Å². The van der Waals surface area contributed by atoms with Crippen LogP contribution < -0.4 is 0 Å². The number of rotatable bonds is 3. The molecule has 5 nitrogen and oxygen atoms in total. The van der Waals surface area contributed by atoms with Gasteiger partial charge in [-0.3, -0.25) is 9.59 Å². The summed E-state index contributed by atoms with van der Waals surface area (Å²) in [4.78, 5) is 25.8. The first-order valence-corrected chi connectivity index (χ1v) is 6.86. The molecule has 0 bridgehead atoms. The van der Waals surface area contributed by atoms with E-state index in [-0.39, 0.29) is 23.5 Å². The van der Waals surface area contributed by atoms with Crippen LogP contribution in [-0.2, 0) is 9.53 Å². The Morgan fingerprint density at radius 1 is 1.45 bits per heavy atom. The molecule has 2 rings (SSSR count). The van der Waals surface area contributed by atoms with Gasteiger partial charge in [0.2, 0.25) is 0 Å². The fraction of sp³-hybridized carbons (Fsp3) is 0.467. The highest BCUT2D eigenvalue weighted by Gasteiger charge is 2.29. The Hall–Kier alpha value is -2.04. The quantitative estimate of drug-likeness (QED) is 0.856. The molecule has 1 fully saturated rings. The van der Waals surface area contributed by atoms with Crippen LogP contribution >= 0.6 is 0 Å². The predicted octanol–water partition coefficient (Wildman–Crippen LogP) is 1.81. The summed E-state index contributed by atoms with van der Waals surface area (Å²) in [5.74, 6) is -0.574. The summed E-state index contributed by atoms with van der Waals surface area (Å²) in [5.41, 5.74) is 0.439.